The highest BCUT2D eigenvalue weighted by Gasteiger charge is 2.10. The lowest BCUT2D eigenvalue weighted by Gasteiger charge is -2.21. The average molecular weight is 198 g/mol. The number of rotatable bonds is 4. The molecule has 0 aliphatic heterocycles. The van der Waals surface area contributed by atoms with Gasteiger partial charge in [-0.3, -0.25) is 0 Å². The van der Waals surface area contributed by atoms with Gasteiger partial charge in [0, 0.05) is 22.3 Å². The van der Waals surface area contributed by atoms with Crippen LogP contribution < -0.4 is 5.73 Å². The molecule has 0 fully saturated rings. The van der Waals surface area contributed by atoms with Gasteiger partial charge in [-0.05, 0) is 39.6 Å². The number of nitrogens with two attached hydrogens (primary N) is 1. The fourth-order valence-electron chi connectivity index (χ4n) is 1.30. The van der Waals surface area contributed by atoms with E-state index in [2.05, 4.69) is 38.1 Å². The molecule has 1 atom stereocenters. The maximum absolute atomic E-state index is 5.69. The highest BCUT2D eigenvalue weighted by Crippen LogP contribution is 2.17. The molecule has 13 heavy (non-hydrogen) atoms. The van der Waals surface area contributed by atoms with Gasteiger partial charge in [-0.15, -0.1) is 11.3 Å². The summed E-state index contributed by atoms with van der Waals surface area (Å²) in [5, 5.41) is 0. The summed E-state index contributed by atoms with van der Waals surface area (Å²) in [6.07, 6.45) is 1.07. The third-order valence-electron chi connectivity index (χ3n) is 2.24. The Morgan fingerprint density at radius 1 is 1.46 bits per heavy atom. The van der Waals surface area contributed by atoms with Crippen LogP contribution in [0.1, 0.15) is 9.75 Å². The van der Waals surface area contributed by atoms with Crippen molar-refractivity contribution in [3.8, 4) is 0 Å². The number of thiophene rings is 1. The Bertz CT molecular complexity index is 255. The zero-order valence-corrected chi connectivity index (χ0v) is 9.40. The van der Waals surface area contributed by atoms with Crippen molar-refractivity contribution in [2.75, 3.05) is 20.6 Å². The maximum Gasteiger partial charge on any atom is 0.0260 e. The molecule has 2 nitrogen and oxygen atoms in total. The van der Waals surface area contributed by atoms with Crippen LogP contribution in [-0.2, 0) is 6.42 Å². The summed E-state index contributed by atoms with van der Waals surface area (Å²) in [7, 11) is 4.16. The SMILES string of the molecule is Cc1ccc(CC(CN)N(C)C)s1. The third-order valence-corrected chi connectivity index (χ3v) is 3.26. The van der Waals surface area contributed by atoms with E-state index in [4.69, 9.17) is 5.73 Å². The van der Waals surface area contributed by atoms with Crippen molar-refractivity contribution in [3.63, 3.8) is 0 Å². The molecule has 0 amide bonds. The van der Waals surface area contributed by atoms with E-state index in [1.54, 1.807) is 0 Å². The van der Waals surface area contributed by atoms with Gasteiger partial charge in [0.2, 0.25) is 0 Å². The smallest absolute Gasteiger partial charge is 0.0260 e. The second kappa shape index (κ2) is 4.74. The Balaban J connectivity index is 2.56. The van der Waals surface area contributed by atoms with Crippen molar-refractivity contribution in [1.29, 1.82) is 0 Å². The van der Waals surface area contributed by atoms with E-state index in [0.29, 0.717) is 6.04 Å². The third kappa shape index (κ3) is 3.10. The Morgan fingerprint density at radius 3 is 2.54 bits per heavy atom. The summed E-state index contributed by atoms with van der Waals surface area (Å²) in [5.74, 6) is 0. The van der Waals surface area contributed by atoms with E-state index in [1.807, 2.05) is 11.3 Å². The van der Waals surface area contributed by atoms with E-state index < -0.39 is 0 Å². The molecule has 74 valence electrons. The minimum absolute atomic E-state index is 0.470. The lowest BCUT2D eigenvalue weighted by atomic mass is 10.1. The van der Waals surface area contributed by atoms with E-state index in [9.17, 15) is 0 Å². The monoisotopic (exact) mass is 198 g/mol. The fraction of sp³-hybridized carbons (Fsp3) is 0.600. The standard InChI is InChI=1S/C10H18N2S/c1-8-4-5-10(13-8)6-9(7-11)12(2)3/h4-5,9H,6-7,11H2,1-3H3. The minimum atomic E-state index is 0.470. The second-order valence-corrected chi connectivity index (χ2v) is 4.94. The molecule has 0 saturated heterocycles. The van der Waals surface area contributed by atoms with Crippen molar-refractivity contribution in [2.24, 2.45) is 5.73 Å². The second-order valence-electron chi connectivity index (χ2n) is 3.57. The first-order valence-electron chi connectivity index (χ1n) is 4.55. The summed E-state index contributed by atoms with van der Waals surface area (Å²) >= 11 is 1.87. The molecule has 1 unspecified atom stereocenters. The van der Waals surface area contributed by atoms with E-state index in [1.165, 1.54) is 9.75 Å². The molecule has 0 spiro atoms. The first kappa shape index (κ1) is 10.7. The first-order valence-corrected chi connectivity index (χ1v) is 5.37. The number of hydrogen-bond acceptors (Lipinski definition) is 3. The summed E-state index contributed by atoms with van der Waals surface area (Å²) in [6.45, 7) is 2.87. The van der Waals surface area contributed by atoms with Crippen molar-refractivity contribution in [1.82, 2.24) is 4.90 Å². The van der Waals surface area contributed by atoms with Crippen LogP contribution in [0.4, 0.5) is 0 Å². The number of aryl methyl sites for hydroxylation is 1. The fourth-order valence-corrected chi connectivity index (χ4v) is 2.27. The maximum atomic E-state index is 5.69. The molecule has 0 radical (unpaired) electrons. The van der Waals surface area contributed by atoms with Gasteiger partial charge < -0.3 is 10.6 Å². The van der Waals surface area contributed by atoms with Crippen LogP contribution in [0.25, 0.3) is 0 Å². The van der Waals surface area contributed by atoms with Gasteiger partial charge in [-0.1, -0.05) is 0 Å². The molecule has 3 heteroatoms. The Kier molecular flexibility index (Phi) is 3.90. The molecule has 2 N–H and O–H groups in total. The molecule has 0 aromatic carbocycles. The molecule has 1 aromatic heterocycles. The molecule has 0 aliphatic rings. The van der Waals surface area contributed by atoms with Crippen LogP contribution in [0.3, 0.4) is 0 Å². The number of hydrogen-bond donors (Lipinski definition) is 1. The van der Waals surface area contributed by atoms with Gasteiger partial charge in [0.15, 0.2) is 0 Å². The Morgan fingerprint density at radius 2 is 2.15 bits per heavy atom. The lowest BCUT2D eigenvalue weighted by Crippen LogP contribution is -2.36. The van der Waals surface area contributed by atoms with Crippen LogP contribution >= 0.6 is 11.3 Å². The minimum Gasteiger partial charge on any atom is -0.329 e. The predicted molar refractivity (Wildman–Crippen MR) is 59.3 cm³/mol. The van der Waals surface area contributed by atoms with Gasteiger partial charge in [0.25, 0.3) is 0 Å². The topological polar surface area (TPSA) is 29.3 Å². The zero-order valence-electron chi connectivity index (χ0n) is 8.58. The summed E-state index contributed by atoms with van der Waals surface area (Å²) < 4.78 is 0. The van der Waals surface area contributed by atoms with Crippen LogP contribution in [0.5, 0.6) is 0 Å². The van der Waals surface area contributed by atoms with Crippen LogP contribution in [0.15, 0.2) is 12.1 Å². The van der Waals surface area contributed by atoms with E-state index in [-0.39, 0.29) is 0 Å². The number of nitrogens with zero attached hydrogens (tertiary/aromatic N) is 1. The normalized spacial score (nSPS) is 13.6. The van der Waals surface area contributed by atoms with Crippen molar-refractivity contribution >= 4 is 11.3 Å². The van der Waals surface area contributed by atoms with Gasteiger partial charge in [0.1, 0.15) is 0 Å². The van der Waals surface area contributed by atoms with Crippen LogP contribution in [0.2, 0.25) is 0 Å². The first-order chi connectivity index (χ1) is 6.13. The summed E-state index contributed by atoms with van der Waals surface area (Å²) in [5.41, 5.74) is 5.69. The van der Waals surface area contributed by atoms with Crippen LogP contribution in [-0.4, -0.2) is 31.6 Å². The number of likely N-dealkylation sites (N-methyl/N-ethyl adjacent to an activating group) is 1. The van der Waals surface area contributed by atoms with Crippen molar-refractivity contribution < 1.29 is 0 Å². The molecule has 1 rings (SSSR count). The quantitative estimate of drug-likeness (QED) is 0.794. The molecular formula is C10H18N2S. The van der Waals surface area contributed by atoms with Crippen molar-refractivity contribution in [2.45, 2.75) is 19.4 Å². The molecule has 0 aliphatic carbocycles. The van der Waals surface area contributed by atoms with E-state index >= 15 is 0 Å². The molecule has 1 heterocycles. The highest BCUT2D eigenvalue weighted by atomic mass is 32.1. The van der Waals surface area contributed by atoms with Crippen LogP contribution in [0, 0.1) is 6.92 Å². The largest absolute Gasteiger partial charge is 0.329 e. The molecular weight excluding hydrogens is 180 g/mol. The molecule has 0 bridgehead atoms. The van der Waals surface area contributed by atoms with Gasteiger partial charge >= 0.3 is 0 Å². The summed E-state index contributed by atoms with van der Waals surface area (Å²) in [4.78, 5) is 5.00. The van der Waals surface area contributed by atoms with Gasteiger partial charge in [-0.25, -0.2) is 0 Å². The highest BCUT2D eigenvalue weighted by molar-refractivity contribution is 7.11. The predicted octanol–water partition coefficient (Wildman–Crippen LogP) is 1.49. The molecule has 0 saturated carbocycles. The average Bonchev–Trinajstić information content (AvgIpc) is 2.46. The summed E-state index contributed by atoms with van der Waals surface area (Å²) in [6, 6.07) is 4.84. The van der Waals surface area contributed by atoms with Crippen molar-refractivity contribution in [3.05, 3.63) is 21.9 Å². The Labute approximate surface area is 84.4 Å². The zero-order chi connectivity index (χ0) is 9.84. The van der Waals surface area contributed by atoms with Gasteiger partial charge in [0.05, 0.1) is 0 Å². The van der Waals surface area contributed by atoms with Gasteiger partial charge in [-0.2, -0.15) is 0 Å². The van der Waals surface area contributed by atoms with E-state index in [0.717, 1.165) is 13.0 Å². The Hall–Kier alpha value is -0.380. The lowest BCUT2D eigenvalue weighted by molar-refractivity contribution is 0.299. The molecule has 1 aromatic rings.